The van der Waals surface area contributed by atoms with Gasteiger partial charge in [0.15, 0.2) is 11.5 Å². The Kier molecular flexibility index (Phi) is 4.00. The summed E-state index contributed by atoms with van der Waals surface area (Å²) < 4.78 is 12.4. The Morgan fingerprint density at radius 3 is 2.86 bits per heavy atom. The molecule has 0 atom stereocenters. The molecular formula is C19H20N6O3. The van der Waals surface area contributed by atoms with Crippen LogP contribution in [0.1, 0.15) is 18.5 Å². The van der Waals surface area contributed by atoms with Crippen molar-refractivity contribution in [2.24, 2.45) is 5.92 Å². The number of nitrogens with one attached hydrogen (secondary N) is 1. The van der Waals surface area contributed by atoms with Crippen LogP contribution in [0.25, 0.3) is 5.78 Å². The average molecular weight is 380 g/mol. The highest BCUT2D eigenvalue weighted by Gasteiger charge is 2.27. The van der Waals surface area contributed by atoms with Gasteiger partial charge in [-0.2, -0.15) is 14.6 Å². The summed E-state index contributed by atoms with van der Waals surface area (Å²) in [6.45, 7) is 3.72. The van der Waals surface area contributed by atoms with Crippen LogP contribution in [-0.2, 0) is 4.79 Å². The Morgan fingerprint density at radius 1 is 1.18 bits per heavy atom. The fourth-order valence-electron chi connectivity index (χ4n) is 3.73. The first-order chi connectivity index (χ1) is 13.7. The molecule has 9 heteroatoms. The molecule has 9 nitrogen and oxygen atoms in total. The first kappa shape index (κ1) is 16.8. The molecule has 1 amide bonds. The number of piperidine rings is 1. The van der Waals surface area contributed by atoms with Crippen molar-refractivity contribution in [1.29, 1.82) is 0 Å². The molecule has 2 aromatic heterocycles. The fraction of sp³-hybridized carbons (Fsp3) is 0.368. The number of rotatable bonds is 3. The number of hydrogen-bond acceptors (Lipinski definition) is 7. The third-order valence-corrected chi connectivity index (χ3v) is 5.19. The van der Waals surface area contributed by atoms with Gasteiger partial charge in [-0.05, 0) is 31.9 Å². The molecule has 1 saturated heterocycles. The zero-order valence-electron chi connectivity index (χ0n) is 15.5. The van der Waals surface area contributed by atoms with E-state index in [4.69, 9.17) is 9.47 Å². The van der Waals surface area contributed by atoms with E-state index in [1.165, 1.54) is 6.33 Å². The SMILES string of the molecule is Cc1cc(N2CCC(C(=O)Nc3ccc4c(c3)OCO4)CC2)n2ncnc2n1. The van der Waals surface area contributed by atoms with Crippen LogP contribution < -0.4 is 19.7 Å². The van der Waals surface area contributed by atoms with Gasteiger partial charge in [0.25, 0.3) is 5.78 Å². The number of carbonyl (C=O) groups excluding carboxylic acids is 1. The number of aryl methyl sites for hydroxylation is 1. The number of nitrogens with zero attached hydrogens (tertiary/aromatic N) is 5. The van der Waals surface area contributed by atoms with E-state index in [0.29, 0.717) is 17.3 Å². The van der Waals surface area contributed by atoms with Crippen molar-refractivity contribution >= 4 is 23.2 Å². The van der Waals surface area contributed by atoms with Gasteiger partial charge in [-0.3, -0.25) is 4.79 Å². The monoisotopic (exact) mass is 380 g/mol. The molecule has 28 heavy (non-hydrogen) atoms. The van der Waals surface area contributed by atoms with Crippen molar-refractivity contribution in [3.63, 3.8) is 0 Å². The van der Waals surface area contributed by atoms with Gasteiger partial charge in [0.1, 0.15) is 12.1 Å². The molecule has 3 aromatic rings. The maximum atomic E-state index is 12.7. The normalized spacial score (nSPS) is 16.5. The minimum Gasteiger partial charge on any atom is -0.454 e. The lowest BCUT2D eigenvalue weighted by Gasteiger charge is -2.32. The molecule has 0 bridgehead atoms. The summed E-state index contributed by atoms with van der Waals surface area (Å²) in [5, 5.41) is 7.27. The molecule has 144 valence electrons. The second-order valence-electron chi connectivity index (χ2n) is 7.05. The maximum Gasteiger partial charge on any atom is 0.254 e. The number of aromatic nitrogens is 4. The molecule has 0 saturated carbocycles. The second kappa shape index (κ2) is 6.66. The van der Waals surface area contributed by atoms with Gasteiger partial charge in [0.2, 0.25) is 12.7 Å². The lowest BCUT2D eigenvalue weighted by molar-refractivity contribution is -0.120. The number of anilines is 2. The van der Waals surface area contributed by atoms with Crippen molar-refractivity contribution in [2.75, 3.05) is 30.1 Å². The Bertz CT molecular complexity index is 1040. The van der Waals surface area contributed by atoms with Crippen LogP contribution in [0.3, 0.4) is 0 Å². The van der Waals surface area contributed by atoms with Crippen LogP contribution in [0.4, 0.5) is 11.5 Å². The van der Waals surface area contributed by atoms with Crippen molar-refractivity contribution in [3.05, 3.63) is 36.3 Å². The lowest BCUT2D eigenvalue weighted by Crippen LogP contribution is -2.39. The van der Waals surface area contributed by atoms with Crippen LogP contribution in [0.15, 0.2) is 30.6 Å². The minimum absolute atomic E-state index is 0.0316. The van der Waals surface area contributed by atoms with Crippen molar-refractivity contribution < 1.29 is 14.3 Å². The van der Waals surface area contributed by atoms with E-state index in [1.54, 1.807) is 10.6 Å². The van der Waals surface area contributed by atoms with Gasteiger partial charge in [0, 0.05) is 42.5 Å². The van der Waals surface area contributed by atoms with Crippen molar-refractivity contribution in [1.82, 2.24) is 19.6 Å². The van der Waals surface area contributed by atoms with Gasteiger partial charge in [-0.25, -0.2) is 4.98 Å². The summed E-state index contributed by atoms with van der Waals surface area (Å²) in [5.74, 6) is 2.94. The first-order valence-electron chi connectivity index (χ1n) is 9.30. The van der Waals surface area contributed by atoms with Gasteiger partial charge in [-0.15, -0.1) is 0 Å². The van der Waals surface area contributed by atoms with Crippen molar-refractivity contribution in [2.45, 2.75) is 19.8 Å². The highest BCUT2D eigenvalue weighted by Crippen LogP contribution is 2.34. The number of benzene rings is 1. The molecule has 2 aliphatic rings. The minimum atomic E-state index is -0.0316. The molecule has 0 aliphatic carbocycles. The van der Waals surface area contributed by atoms with Crippen LogP contribution in [0.5, 0.6) is 11.5 Å². The summed E-state index contributed by atoms with van der Waals surface area (Å²) in [7, 11) is 0. The third kappa shape index (κ3) is 2.98. The molecule has 0 spiro atoms. The van der Waals surface area contributed by atoms with Crippen molar-refractivity contribution in [3.8, 4) is 11.5 Å². The van der Waals surface area contributed by atoms with Gasteiger partial charge in [-0.1, -0.05) is 0 Å². The highest BCUT2D eigenvalue weighted by atomic mass is 16.7. The molecule has 2 aliphatic heterocycles. The van der Waals surface area contributed by atoms with Crippen LogP contribution in [-0.4, -0.2) is 45.4 Å². The zero-order valence-corrected chi connectivity index (χ0v) is 15.5. The van der Waals surface area contributed by atoms with E-state index >= 15 is 0 Å². The standard InChI is InChI=1S/C19H20N6O3/c1-12-8-17(25-19(22-12)20-10-21-25)24-6-4-13(5-7-24)18(26)23-14-2-3-15-16(9-14)28-11-27-15/h2-3,8-10,13H,4-7,11H2,1H3,(H,23,26). The lowest BCUT2D eigenvalue weighted by atomic mass is 9.95. The van der Waals surface area contributed by atoms with E-state index in [0.717, 1.165) is 43.1 Å². The van der Waals surface area contributed by atoms with E-state index in [-0.39, 0.29) is 18.6 Å². The highest BCUT2D eigenvalue weighted by molar-refractivity contribution is 5.93. The summed E-state index contributed by atoms with van der Waals surface area (Å²) >= 11 is 0. The van der Waals surface area contributed by atoms with E-state index in [2.05, 4.69) is 25.3 Å². The number of carbonyl (C=O) groups is 1. The zero-order chi connectivity index (χ0) is 19.1. The van der Waals surface area contributed by atoms with E-state index < -0.39 is 0 Å². The first-order valence-corrected chi connectivity index (χ1v) is 9.30. The Hall–Kier alpha value is -3.36. The van der Waals surface area contributed by atoms with Crippen LogP contribution in [0.2, 0.25) is 0 Å². The third-order valence-electron chi connectivity index (χ3n) is 5.19. The smallest absolute Gasteiger partial charge is 0.254 e. The molecule has 0 unspecified atom stereocenters. The molecule has 1 N–H and O–H groups in total. The van der Waals surface area contributed by atoms with Gasteiger partial charge < -0.3 is 19.7 Å². The van der Waals surface area contributed by atoms with Crippen LogP contribution in [0, 0.1) is 12.8 Å². The molecule has 1 aromatic carbocycles. The van der Waals surface area contributed by atoms with E-state index in [1.807, 2.05) is 25.1 Å². The van der Waals surface area contributed by atoms with E-state index in [9.17, 15) is 4.79 Å². The molecule has 4 heterocycles. The quantitative estimate of drug-likeness (QED) is 0.743. The average Bonchev–Trinajstić information content (AvgIpc) is 3.36. The molecule has 0 radical (unpaired) electrons. The summed E-state index contributed by atoms with van der Waals surface area (Å²) in [6, 6.07) is 7.46. The number of fused-ring (bicyclic) bond motifs is 2. The predicted octanol–water partition coefficient (Wildman–Crippen LogP) is 2.02. The Labute approximate surface area is 161 Å². The summed E-state index contributed by atoms with van der Waals surface area (Å²) in [6.07, 6.45) is 3.05. The largest absolute Gasteiger partial charge is 0.454 e. The number of hydrogen-bond donors (Lipinski definition) is 1. The fourth-order valence-corrected chi connectivity index (χ4v) is 3.73. The number of ether oxygens (including phenoxy) is 2. The topological polar surface area (TPSA) is 93.9 Å². The summed E-state index contributed by atoms with van der Waals surface area (Å²) in [5.41, 5.74) is 1.63. The molecule has 1 fully saturated rings. The Balaban J connectivity index is 1.25. The van der Waals surface area contributed by atoms with Gasteiger partial charge in [0.05, 0.1) is 0 Å². The predicted molar refractivity (Wildman–Crippen MR) is 102 cm³/mol. The molecule has 5 rings (SSSR count). The summed E-state index contributed by atoms with van der Waals surface area (Å²) in [4.78, 5) is 23.5. The Morgan fingerprint density at radius 2 is 2.00 bits per heavy atom. The second-order valence-corrected chi connectivity index (χ2v) is 7.05. The number of amides is 1. The maximum absolute atomic E-state index is 12.7. The molecular weight excluding hydrogens is 360 g/mol. The van der Waals surface area contributed by atoms with Gasteiger partial charge >= 0.3 is 0 Å². The van der Waals surface area contributed by atoms with Crippen LogP contribution >= 0.6 is 0 Å².